The van der Waals surface area contributed by atoms with Crippen molar-refractivity contribution in [3.8, 4) is 23.3 Å². The van der Waals surface area contributed by atoms with E-state index in [1.54, 1.807) is 12.1 Å². The lowest BCUT2D eigenvalue weighted by molar-refractivity contribution is -0.384. The van der Waals surface area contributed by atoms with Gasteiger partial charge in [-0.15, -0.1) is 0 Å². The van der Waals surface area contributed by atoms with Gasteiger partial charge in [-0.2, -0.15) is 5.26 Å². The summed E-state index contributed by atoms with van der Waals surface area (Å²) in [5, 5.41) is 20.2. The summed E-state index contributed by atoms with van der Waals surface area (Å²) in [5.41, 5.74) is 0.138. The molecule has 2 rings (SSSR count). The summed E-state index contributed by atoms with van der Waals surface area (Å²) < 4.78 is 10.7. The molecule has 0 spiro atoms. The molecule has 0 bridgehead atoms. The maximum absolute atomic E-state index is 10.7. The van der Waals surface area contributed by atoms with Gasteiger partial charge < -0.3 is 9.47 Å². The van der Waals surface area contributed by atoms with Gasteiger partial charge in [0.05, 0.1) is 23.7 Å². The van der Waals surface area contributed by atoms with E-state index in [2.05, 4.69) is 0 Å². The van der Waals surface area contributed by atoms with Gasteiger partial charge in [0, 0.05) is 11.1 Å². The standard InChI is InChI=1S/C14H9ClN2O4/c1-20-14-7-11(17(18)19)3-5-13(14)21-12-4-2-10(15)6-9(12)8-16/h2-7H,1H3. The third-order valence-electron chi connectivity index (χ3n) is 2.64. The quantitative estimate of drug-likeness (QED) is 0.631. The maximum atomic E-state index is 10.7. The number of rotatable bonds is 4. The number of ether oxygens (including phenoxy) is 2. The van der Waals surface area contributed by atoms with Crippen molar-refractivity contribution in [3.63, 3.8) is 0 Å². The van der Waals surface area contributed by atoms with Crippen molar-refractivity contribution in [2.45, 2.75) is 0 Å². The molecule has 106 valence electrons. The van der Waals surface area contributed by atoms with E-state index in [9.17, 15) is 10.1 Å². The smallest absolute Gasteiger partial charge is 0.273 e. The maximum Gasteiger partial charge on any atom is 0.273 e. The molecule has 0 aliphatic carbocycles. The Morgan fingerprint density at radius 1 is 1.19 bits per heavy atom. The molecule has 0 aromatic heterocycles. The summed E-state index contributed by atoms with van der Waals surface area (Å²) in [6.07, 6.45) is 0. The van der Waals surface area contributed by atoms with Crippen molar-refractivity contribution in [3.05, 3.63) is 57.1 Å². The second kappa shape index (κ2) is 6.11. The second-order valence-electron chi connectivity index (χ2n) is 3.95. The van der Waals surface area contributed by atoms with E-state index in [-0.39, 0.29) is 28.5 Å². The molecule has 7 heteroatoms. The molecule has 0 radical (unpaired) electrons. The zero-order valence-electron chi connectivity index (χ0n) is 10.9. The van der Waals surface area contributed by atoms with E-state index < -0.39 is 4.92 Å². The molecule has 0 fully saturated rings. The number of methoxy groups -OCH3 is 1. The van der Waals surface area contributed by atoms with E-state index >= 15 is 0 Å². The van der Waals surface area contributed by atoms with Crippen molar-refractivity contribution in [1.29, 1.82) is 5.26 Å². The van der Waals surface area contributed by atoms with Crippen LogP contribution in [0.3, 0.4) is 0 Å². The highest BCUT2D eigenvalue weighted by Gasteiger charge is 2.14. The molecule has 2 aromatic carbocycles. The summed E-state index contributed by atoms with van der Waals surface area (Å²) >= 11 is 5.81. The van der Waals surface area contributed by atoms with Gasteiger partial charge in [-0.25, -0.2) is 0 Å². The molecule has 2 aromatic rings. The Morgan fingerprint density at radius 3 is 2.52 bits per heavy atom. The molecule has 0 atom stereocenters. The lowest BCUT2D eigenvalue weighted by atomic mass is 10.2. The third-order valence-corrected chi connectivity index (χ3v) is 2.88. The number of hydrogen-bond acceptors (Lipinski definition) is 5. The Balaban J connectivity index is 2.40. The normalized spacial score (nSPS) is 9.76. The van der Waals surface area contributed by atoms with Gasteiger partial charge in [0.25, 0.3) is 5.69 Å². The summed E-state index contributed by atoms with van der Waals surface area (Å²) in [6.45, 7) is 0. The van der Waals surface area contributed by atoms with Crippen LogP contribution in [0.25, 0.3) is 0 Å². The summed E-state index contributed by atoms with van der Waals surface area (Å²) in [6, 6.07) is 10.5. The first-order chi connectivity index (χ1) is 10.0. The highest BCUT2D eigenvalue weighted by atomic mass is 35.5. The van der Waals surface area contributed by atoms with Crippen LogP contribution in [0, 0.1) is 21.4 Å². The fourth-order valence-electron chi connectivity index (χ4n) is 1.65. The van der Waals surface area contributed by atoms with Crippen LogP contribution in [0.4, 0.5) is 5.69 Å². The van der Waals surface area contributed by atoms with Gasteiger partial charge in [0.1, 0.15) is 11.8 Å². The van der Waals surface area contributed by atoms with E-state index in [1.165, 1.54) is 31.4 Å². The minimum Gasteiger partial charge on any atom is -0.493 e. The predicted octanol–water partition coefficient (Wildman–Crippen LogP) is 3.92. The van der Waals surface area contributed by atoms with Crippen molar-refractivity contribution in [1.82, 2.24) is 0 Å². The zero-order chi connectivity index (χ0) is 15.4. The van der Waals surface area contributed by atoms with Crippen LogP contribution < -0.4 is 9.47 Å². The topological polar surface area (TPSA) is 85.4 Å². The fraction of sp³-hybridized carbons (Fsp3) is 0.0714. The highest BCUT2D eigenvalue weighted by molar-refractivity contribution is 6.30. The number of nitro benzene ring substituents is 1. The number of non-ortho nitro benzene ring substituents is 1. The van der Waals surface area contributed by atoms with Crippen LogP contribution in [-0.2, 0) is 0 Å². The summed E-state index contributed by atoms with van der Waals surface area (Å²) in [7, 11) is 1.37. The Morgan fingerprint density at radius 2 is 1.90 bits per heavy atom. The number of halogens is 1. The second-order valence-corrected chi connectivity index (χ2v) is 4.38. The number of nitriles is 1. The molecule has 21 heavy (non-hydrogen) atoms. The molecule has 0 unspecified atom stereocenters. The Bertz CT molecular complexity index is 740. The van der Waals surface area contributed by atoms with Crippen molar-refractivity contribution >= 4 is 17.3 Å². The molecular formula is C14H9ClN2O4. The van der Waals surface area contributed by atoms with E-state index in [1.807, 2.05) is 6.07 Å². The fourth-order valence-corrected chi connectivity index (χ4v) is 1.82. The van der Waals surface area contributed by atoms with Crippen LogP contribution in [-0.4, -0.2) is 12.0 Å². The Hall–Kier alpha value is -2.78. The third kappa shape index (κ3) is 3.22. The van der Waals surface area contributed by atoms with E-state index in [4.69, 9.17) is 26.3 Å². The SMILES string of the molecule is COc1cc([N+](=O)[O-])ccc1Oc1ccc(Cl)cc1C#N. The van der Waals surface area contributed by atoms with Gasteiger partial charge in [0.2, 0.25) is 0 Å². The summed E-state index contributed by atoms with van der Waals surface area (Å²) in [5.74, 6) is 0.749. The van der Waals surface area contributed by atoms with E-state index in [0.29, 0.717) is 5.02 Å². The van der Waals surface area contributed by atoms with Crippen LogP contribution >= 0.6 is 11.6 Å². The minimum absolute atomic E-state index is 0.115. The number of benzene rings is 2. The van der Waals surface area contributed by atoms with E-state index in [0.717, 1.165) is 0 Å². The lowest BCUT2D eigenvalue weighted by Gasteiger charge is -2.11. The Kier molecular flexibility index (Phi) is 4.26. The van der Waals surface area contributed by atoms with Crippen LogP contribution in [0.1, 0.15) is 5.56 Å². The molecule has 0 saturated heterocycles. The van der Waals surface area contributed by atoms with Gasteiger partial charge >= 0.3 is 0 Å². The predicted molar refractivity (Wildman–Crippen MR) is 75.9 cm³/mol. The number of nitrogens with zero attached hydrogens (tertiary/aromatic N) is 2. The molecule has 6 nitrogen and oxygen atoms in total. The first-order valence-electron chi connectivity index (χ1n) is 5.75. The molecule has 0 aliphatic heterocycles. The number of hydrogen-bond donors (Lipinski definition) is 0. The van der Waals surface area contributed by atoms with Crippen molar-refractivity contribution in [2.24, 2.45) is 0 Å². The molecule has 0 aliphatic rings. The lowest BCUT2D eigenvalue weighted by Crippen LogP contribution is -1.94. The first kappa shape index (κ1) is 14.6. The molecule has 0 saturated carbocycles. The monoisotopic (exact) mass is 304 g/mol. The molecule has 0 N–H and O–H groups in total. The van der Waals surface area contributed by atoms with Crippen LogP contribution in [0.15, 0.2) is 36.4 Å². The minimum atomic E-state index is -0.532. The molecule has 0 heterocycles. The average Bonchev–Trinajstić information content (AvgIpc) is 2.49. The highest BCUT2D eigenvalue weighted by Crippen LogP contribution is 2.36. The van der Waals surface area contributed by atoms with Gasteiger partial charge in [-0.1, -0.05) is 11.6 Å². The average molecular weight is 305 g/mol. The Labute approximate surface area is 125 Å². The van der Waals surface area contributed by atoms with Crippen LogP contribution in [0.5, 0.6) is 17.2 Å². The largest absolute Gasteiger partial charge is 0.493 e. The number of nitro groups is 1. The van der Waals surface area contributed by atoms with Crippen molar-refractivity contribution in [2.75, 3.05) is 7.11 Å². The van der Waals surface area contributed by atoms with Gasteiger partial charge in [0.15, 0.2) is 11.5 Å². The van der Waals surface area contributed by atoms with Crippen molar-refractivity contribution < 1.29 is 14.4 Å². The summed E-state index contributed by atoms with van der Waals surface area (Å²) in [4.78, 5) is 10.2. The van der Waals surface area contributed by atoms with Gasteiger partial charge in [-0.3, -0.25) is 10.1 Å². The molecular weight excluding hydrogens is 296 g/mol. The first-order valence-corrected chi connectivity index (χ1v) is 6.13. The van der Waals surface area contributed by atoms with Gasteiger partial charge in [-0.05, 0) is 24.3 Å². The van der Waals surface area contributed by atoms with Crippen LogP contribution in [0.2, 0.25) is 5.02 Å². The zero-order valence-corrected chi connectivity index (χ0v) is 11.6. The molecule has 0 amide bonds.